The molecule has 0 aliphatic carbocycles. The fraction of sp³-hybridized carbons (Fsp3) is 0.176. The number of hydrogen-bond donors (Lipinski definition) is 1. The Morgan fingerprint density at radius 2 is 1.86 bits per heavy atom. The fourth-order valence-corrected chi connectivity index (χ4v) is 2.29. The van der Waals surface area contributed by atoms with Gasteiger partial charge in [0.15, 0.2) is 0 Å². The summed E-state index contributed by atoms with van der Waals surface area (Å²) in [4.78, 5) is 12.2. The summed E-state index contributed by atoms with van der Waals surface area (Å²) in [6, 6.07) is 14.8. The number of amides is 1. The first-order chi connectivity index (χ1) is 10.0. The van der Waals surface area contributed by atoms with Gasteiger partial charge in [-0.25, -0.2) is 0 Å². The van der Waals surface area contributed by atoms with E-state index in [-0.39, 0.29) is 5.91 Å². The van der Waals surface area contributed by atoms with Gasteiger partial charge in [0.25, 0.3) is 5.91 Å². The van der Waals surface area contributed by atoms with Crippen LogP contribution in [-0.4, -0.2) is 5.91 Å². The van der Waals surface area contributed by atoms with Gasteiger partial charge in [-0.05, 0) is 41.8 Å². The van der Waals surface area contributed by atoms with E-state index < -0.39 is 0 Å². The summed E-state index contributed by atoms with van der Waals surface area (Å²) in [6.45, 7) is 4.21. The van der Waals surface area contributed by atoms with Gasteiger partial charge in [-0.2, -0.15) is 5.26 Å². The molecule has 0 radical (unpaired) electrons. The number of nitrogens with zero attached hydrogens (tertiary/aromatic N) is 1. The summed E-state index contributed by atoms with van der Waals surface area (Å²) >= 11 is 3.31. The van der Waals surface area contributed by atoms with Crippen LogP contribution < -0.4 is 5.32 Å². The number of nitriles is 1. The van der Waals surface area contributed by atoms with Gasteiger partial charge in [-0.3, -0.25) is 4.79 Å². The second kappa shape index (κ2) is 6.55. The Labute approximate surface area is 132 Å². The quantitative estimate of drug-likeness (QED) is 0.878. The van der Waals surface area contributed by atoms with Gasteiger partial charge >= 0.3 is 0 Å². The highest BCUT2D eigenvalue weighted by molar-refractivity contribution is 9.10. The second-order valence-corrected chi connectivity index (χ2v) is 5.95. The van der Waals surface area contributed by atoms with Crippen molar-refractivity contribution in [1.29, 1.82) is 5.26 Å². The second-order valence-electron chi connectivity index (χ2n) is 5.03. The maximum atomic E-state index is 12.2. The van der Waals surface area contributed by atoms with Gasteiger partial charge in [-0.15, -0.1) is 0 Å². The number of carbonyl (C=O) groups is 1. The topological polar surface area (TPSA) is 52.9 Å². The summed E-state index contributed by atoms with van der Waals surface area (Å²) in [7, 11) is 0. The maximum Gasteiger partial charge on any atom is 0.255 e. The van der Waals surface area contributed by atoms with Crippen molar-refractivity contribution in [2.24, 2.45) is 0 Å². The summed E-state index contributed by atoms with van der Waals surface area (Å²) in [5.74, 6) is 0.211. The minimum absolute atomic E-state index is 0.218. The third kappa shape index (κ3) is 3.71. The molecule has 0 aromatic heterocycles. The normalized spacial score (nSPS) is 10.2. The van der Waals surface area contributed by atoms with Gasteiger partial charge < -0.3 is 5.32 Å². The average Bonchev–Trinajstić information content (AvgIpc) is 2.49. The molecule has 4 heteroatoms. The van der Waals surface area contributed by atoms with Crippen LogP contribution in [0.15, 0.2) is 46.9 Å². The van der Waals surface area contributed by atoms with Gasteiger partial charge in [0.2, 0.25) is 0 Å². The molecule has 0 heterocycles. The smallest absolute Gasteiger partial charge is 0.255 e. The summed E-state index contributed by atoms with van der Waals surface area (Å²) in [6.07, 6.45) is 0. The minimum Gasteiger partial charge on any atom is -0.321 e. The van der Waals surface area contributed by atoms with Crippen LogP contribution in [0.25, 0.3) is 0 Å². The van der Waals surface area contributed by atoms with Gasteiger partial charge in [0.1, 0.15) is 6.07 Å². The standard InChI is InChI=1S/C17H15BrN2O/c1-11(2)12-3-5-13(6-4-12)17(21)20-16-8-7-15(18)9-14(16)10-19/h3-9,11H,1-2H3,(H,20,21). The largest absolute Gasteiger partial charge is 0.321 e. The lowest BCUT2D eigenvalue weighted by atomic mass is 10.0. The van der Waals surface area contributed by atoms with E-state index in [9.17, 15) is 4.79 Å². The molecular weight excluding hydrogens is 328 g/mol. The molecule has 0 aliphatic heterocycles. The zero-order chi connectivity index (χ0) is 15.4. The lowest BCUT2D eigenvalue weighted by Gasteiger charge is -2.09. The molecule has 2 aromatic rings. The number of anilines is 1. The minimum atomic E-state index is -0.218. The molecule has 0 saturated carbocycles. The highest BCUT2D eigenvalue weighted by atomic mass is 79.9. The molecular formula is C17H15BrN2O. The highest BCUT2D eigenvalue weighted by Gasteiger charge is 2.10. The van der Waals surface area contributed by atoms with Gasteiger partial charge in [0.05, 0.1) is 11.3 Å². The van der Waals surface area contributed by atoms with Crippen molar-refractivity contribution in [2.45, 2.75) is 19.8 Å². The van der Waals surface area contributed by atoms with E-state index in [0.29, 0.717) is 22.7 Å². The van der Waals surface area contributed by atoms with E-state index in [1.54, 1.807) is 30.3 Å². The van der Waals surface area contributed by atoms with E-state index in [2.05, 4.69) is 41.2 Å². The Balaban J connectivity index is 2.20. The molecule has 0 fully saturated rings. The Morgan fingerprint density at radius 1 is 1.19 bits per heavy atom. The van der Waals surface area contributed by atoms with Crippen molar-refractivity contribution in [2.75, 3.05) is 5.32 Å². The van der Waals surface area contributed by atoms with Crippen molar-refractivity contribution < 1.29 is 4.79 Å². The molecule has 21 heavy (non-hydrogen) atoms. The zero-order valence-corrected chi connectivity index (χ0v) is 13.4. The zero-order valence-electron chi connectivity index (χ0n) is 11.9. The molecule has 0 unspecified atom stereocenters. The lowest BCUT2D eigenvalue weighted by molar-refractivity contribution is 0.102. The molecule has 106 valence electrons. The van der Waals surface area contributed by atoms with Crippen LogP contribution >= 0.6 is 15.9 Å². The van der Waals surface area contributed by atoms with Crippen LogP contribution in [0.1, 0.15) is 41.3 Å². The third-order valence-corrected chi connectivity index (χ3v) is 3.68. The molecule has 1 amide bonds. The van der Waals surface area contributed by atoms with Gasteiger partial charge in [-0.1, -0.05) is 41.9 Å². The van der Waals surface area contributed by atoms with Crippen LogP contribution in [-0.2, 0) is 0 Å². The molecule has 0 saturated heterocycles. The van der Waals surface area contributed by atoms with Crippen LogP contribution in [0.3, 0.4) is 0 Å². The van der Waals surface area contributed by atoms with Gasteiger partial charge in [0, 0.05) is 10.0 Å². The first-order valence-electron chi connectivity index (χ1n) is 6.62. The molecule has 2 aromatic carbocycles. The molecule has 0 atom stereocenters. The Hall–Kier alpha value is -2.12. The van der Waals surface area contributed by atoms with E-state index in [1.165, 1.54) is 5.56 Å². The molecule has 3 nitrogen and oxygen atoms in total. The van der Waals surface area contributed by atoms with E-state index in [1.807, 2.05) is 12.1 Å². The van der Waals surface area contributed by atoms with Crippen LogP contribution in [0.2, 0.25) is 0 Å². The molecule has 2 rings (SSSR count). The number of benzene rings is 2. The van der Waals surface area contributed by atoms with Crippen molar-refractivity contribution >= 4 is 27.5 Å². The number of halogens is 1. The van der Waals surface area contributed by atoms with E-state index in [4.69, 9.17) is 5.26 Å². The number of carbonyl (C=O) groups excluding carboxylic acids is 1. The Morgan fingerprint density at radius 3 is 2.43 bits per heavy atom. The third-order valence-electron chi connectivity index (χ3n) is 3.19. The van der Waals surface area contributed by atoms with E-state index >= 15 is 0 Å². The average molecular weight is 343 g/mol. The molecule has 0 spiro atoms. The maximum absolute atomic E-state index is 12.2. The number of rotatable bonds is 3. The van der Waals surface area contributed by atoms with Crippen LogP contribution in [0, 0.1) is 11.3 Å². The fourth-order valence-electron chi connectivity index (χ4n) is 1.93. The molecule has 1 N–H and O–H groups in total. The number of nitrogens with one attached hydrogen (secondary N) is 1. The number of hydrogen-bond acceptors (Lipinski definition) is 2. The Kier molecular flexibility index (Phi) is 4.77. The monoisotopic (exact) mass is 342 g/mol. The first kappa shape index (κ1) is 15.3. The van der Waals surface area contributed by atoms with E-state index in [0.717, 1.165) is 4.47 Å². The summed E-state index contributed by atoms with van der Waals surface area (Å²) in [5.41, 5.74) is 2.70. The Bertz CT molecular complexity index is 700. The summed E-state index contributed by atoms with van der Waals surface area (Å²) in [5, 5.41) is 11.9. The lowest BCUT2D eigenvalue weighted by Crippen LogP contribution is -2.12. The first-order valence-corrected chi connectivity index (χ1v) is 7.41. The predicted molar refractivity (Wildman–Crippen MR) is 87.3 cm³/mol. The van der Waals surface area contributed by atoms with Crippen LogP contribution in [0.5, 0.6) is 0 Å². The van der Waals surface area contributed by atoms with Crippen molar-refractivity contribution in [3.8, 4) is 6.07 Å². The molecule has 0 aliphatic rings. The van der Waals surface area contributed by atoms with Crippen LogP contribution in [0.4, 0.5) is 5.69 Å². The summed E-state index contributed by atoms with van der Waals surface area (Å²) < 4.78 is 0.804. The predicted octanol–water partition coefficient (Wildman–Crippen LogP) is 4.70. The van der Waals surface area contributed by atoms with Crippen molar-refractivity contribution in [3.63, 3.8) is 0 Å². The van der Waals surface area contributed by atoms with Crippen molar-refractivity contribution in [1.82, 2.24) is 0 Å². The SMILES string of the molecule is CC(C)c1ccc(C(=O)Nc2ccc(Br)cc2C#N)cc1. The molecule has 0 bridgehead atoms. The highest BCUT2D eigenvalue weighted by Crippen LogP contribution is 2.21. The van der Waals surface area contributed by atoms with Crippen molar-refractivity contribution in [3.05, 3.63) is 63.6 Å².